The van der Waals surface area contributed by atoms with Crippen molar-refractivity contribution >= 4 is 11.8 Å². The lowest BCUT2D eigenvalue weighted by molar-refractivity contribution is 0.0601. The number of thioether (sulfide) groups is 1. The first-order valence-corrected chi connectivity index (χ1v) is 7.76. The van der Waals surface area contributed by atoms with Crippen molar-refractivity contribution < 1.29 is 5.11 Å². The summed E-state index contributed by atoms with van der Waals surface area (Å²) in [4.78, 5) is 0. The van der Waals surface area contributed by atoms with Crippen molar-refractivity contribution in [3.63, 3.8) is 0 Å². The maximum absolute atomic E-state index is 10.3. The van der Waals surface area contributed by atoms with Crippen molar-refractivity contribution in [2.45, 2.75) is 51.2 Å². The first-order valence-electron chi connectivity index (χ1n) is 6.61. The highest BCUT2D eigenvalue weighted by atomic mass is 32.2. The van der Waals surface area contributed by atoms with E-state index in [-0.39, 0.29) is 0 Å². The van der Waals surface area contributed by atoms with E-state index in [1.165, 1.54) is 19.3 Å². The lowest BCUT2D eigenvalue weighted by Crippen LogP contribution is -2.46. The molecule has 1 aliphatic heterocycles. The van der Waals surface area contributed by atoms with Crippen molar-refractivity contribution in [1.29, 1.82) is 0 Å². The van der Waals surface area contributed by atoms with Crippen LogP contribution in [0.25, 0.3) is 0 Å². The highest BCUT2D eigenvalue weighted by Gasteiger charge is 2.33. The molecule has 2 nitrogen and oxygen atoms in total. The van der Waals surface area contributed by atoms with E-state index in [1.54, 1.807) is 0 Å². The fraction of sp³-hybridized carbons (Fsp3) is 1.00. The van der Waals surface area contributed by atoms with Gasteiger partial charge in [0.25, 0.3) is 0 Å². The Kier molecular flexibility index (Phi) is 4.20. The van der Waals surface area contributed by atoms with Crippen LogP contribution < -0.4 is 5.32 Å². The molecule has 1 saturated carbocycles. The van der Waals surface area contributed by atoms with E-state index in [2.05, 4.69) is 19.2 Å². The third-order valence-corrected chi connectivity index (χ3v) is 5.22. The third-order valence-electron chi connectivity index (χ3n) is 3.98. The van der Waals surface area contributed by atoms with Crippen LogP contribution in [0.15, 0.2) is 0 Å². The lowest BCUT2D eigenvalue weighted by atomic mass is 9.80. The van der Waals surface area contributed by atoms with Gasteiger partial charge in [-0.05, 0) is 43.3 Å². The fourth-order valence-electron chi connectivity index (χ4n) is 3.18. The SMILES string of the molecule is C[C@@H]1CC(NC[C@@]2(O)CCSC2)C[C@H](C)C1. The summed E-state index contributed by atoms with van der Waals surface area (Å²) in [5, 5.41) is 13.9. The van der Waals surface area contributed by atoms with Gasteiger partial charge in [-0.2, -0.15) is 11.8 Å². The van der Waals surface area contributed by atoms with Crippen LogP contribution >= 0.6 is 11.8 Å². The van der Waals surface area contributed by atoms with Crippen LogP contribution in [-0.2, 0) is 0 Å². The van der Waals surface area contributed by atoms with E-state index < -0.39 is 5.60 Å². The number of hydrogen-bond acceptors (Lipinski definition) is 3. The smallest absolute Gasteiger partial charge is 0.0869 e. The predicted molar refractivity (Wildman–Crippen MR) is 70.9 cm³/mol. The van der Waals surface area contributed by atoms with E-state index in [4.69, 9.17) is 0 Å². The molecule has 1 saturated heterocycles. The summed E-state index contributed by atoms with van der Waals surface area (Å²) in [5.74, 6) is 3.72. The van der Waals surface area contributed by atoms with Gasteiger partial charge in [0.2, 0.25) is 0 Å². The Labute approximate surface area is 104 Å². The van der Waals surface area contributed by atoms with Crippen molar-refractivity contribution in [2.75, 3.05) is 18.1 Å². The maximum Gasteiger partial charge on any atom is 0.0869 e. The van der Waals surface area contributed by atoms with Crippen molar-refractivity contribution in [2.24, 2.45) is 11.8 Å². The quantitative estimate of drug-likeness (QED) is 0.797. The van der Waals surface area contributed by atoms with Crippen LogP contribution in [-0.4, -0.2) is 34.8 Å². The highest BCUT2D eigenvalue weighted by Crippen LogP contribution is 2.30. The second kappa shape index (κ2) is 5.28. The number of aliphatic hydroxyl groups is 1. The van der Waals surface area contributed by atoms with Crippen LogP contribution in [0.3, 0.4) is 0 Å². The summed E-state index contributed by atoms with van der Waals surface area (Å²) in [7, 11) is 0. The molecule has 3 heteroatoms. The Hall–Kier alpha value is 0.270. The molecule has 2 rings (SSSR count). The Bertz CT molecular complexity index is 218. The van der Waals surface area contributed by atoms with Crippen LogP contribution in [0.4, 0.5) is 0 Å². The number of hydrogen-bond donors (Lipinski definition) is 2. The van der Waals surface area contributed by atoms with Crippen molar-refractivity contribution in [1.82, 2.24) is 5.32 Å². The molecule has 0 radical (unpaired) electrons. The molecule has 1 aliphatic carbocycles. The second-order valence-electron chi connectivity index (χ2n) is 6.02. The van der Waals surface area contributed by atoms with Crippen LogP contribution in [0.1, 0.15) is 39.5 Å². The average Bonchev–Trinajstić information content (AvgIpc) is 2.62. The normalized spacial score (nSPS) is 44.8. The van der Waals surface area contributed by atoms with Gasteiger partial charge in [0.1, 0.15) is 0 Å². The third kappa shape index (κ3) is 3.38. The van der Waals surface area contributed by atoms with E-state index >= 15 is 0 Å². The summed E-state index contributed by atoms with van der Waals surface area (Å²) in [6.07, 6.45) is 4.90. The molecule has 1 heterocycles. The zero-order valence-electron chi connectivity index (χ0n) is 10.5. The predicted octanol–water partition coefficient (Wildman–Crippen LogP) is 2.27. The zero-order chi connectivity index (χ0) is 11.6. The van der Waals surface area contributed by atoms with Gasteiger partial charge >= 0.3 is 0 Å². The molecule has 94 valence electrons. The summed E-state index contributed by atoms with van der Waals surface area (Å²) in [6.45, 7) is 5.50. The first kappa shape index (κ1) is 12.7. The Morgan fingerprint density at radius 3 is 2.50 bits per heavy atom. The molecule has 0 aromatic carbocycles. The monoisotopic (exact) mass is 243 g/mol. The minimum atomic E-state index is -0.422. The molecular formula is C13H25NOS. The molecule has 0 amide bonds. The van der Waals surface area contributed by atoms with Gasteiger partial charge in [0, 0.05) is 18.3 Å². The Morgan fingerprint density at radius 1 is 1.25 bits per heavy atom. The largest absolute Gasteiger partial charge is 0.388 e. The summed E-state index contributed by atoms with van der Waals surface area (Å²) < 4.78 is 0. The molecule has 16 heavy (non-hydrogen) atoms. The fourth-order valence-corrected chi connectivity index (χ4v) is 4.48. The van der Waals surface area contributed by atoms with Gasteiger partial charge in [-0.1, -0.05) is 13.8 Å². The first-order chi connectivity index (χ1) is 7.57. The van der Waals surface area contributed by atoms with Gasteiger partial charge in [0.15, 0.2) is 0 Å². The molecule has 2 fully saturated rings. The van der Waals surface area contributed by atoms with Gasteiger partial charge in [-0.25, -0.2) is 0 Å². The maximum atomic E-state index is 10.3. The second-order valence-corrected chi connectivity index (χ2v) is 7.13. The Morgan fingerprint density at radius 2 is 1.94 bits per heavy atom. The van der Waals surface area contributed by atoms with E-state index in [0.29, 0.717) is 6.04 Å². The molecule has 1 unspecified atom stereocenters. The molecule has 0 aromatic rings. The van der Waals surface area contributed by atoms with Gasteiger partial charge < -0.3 is 10.4 Å². The summed E-state index contributed by atoms with van der Waals surface area (Å²) in [5.41, 5.74) is -0.422. The number of rotatable bonds is 3. The average molecular weight is 243 g/mol. The molecular weight excluding hydrogens is 218 g/mol. The molecule has 0 aromatic heterocycles. The standard InChI is InChI=1S/C13H25NOS/c1-10-5-11(2)7-12(6-10)14-8-13(15)3-4-16-9-13/h10-12,14-15H,3-9H2,1-2H3/t10-,11+,12?,13-/m0/s1. The van der Waals surface area contributed by atoms with Gasteiger partial charge in [-0.3, -0.25) is 0 Å². The van der Waals surface area contributed by atoms with Crippen molar-refractivity contribution in [3.8, 4) is 0 Å². The molecule has 2 N–H and O–H groups in total. The minimum absolute atomic E-state index is 0.422. The van der Waals surface area contributed by atoms with E-state index in [0.717, 1.165) is 36.3 Å². The number of nitrogens with one attached hydrogen (secondary N) is 1. The van der Waals surface area contributed by atoms with Crippen molar-refractivity contribution in [3.05, 3.63) is 0 Å². The van der Waals surface area contributed by atoms with Gasteiger partial charge in [0.05, 0.1) is 5.60 Å². The minimum Gasteiger partial charge on any atom is -0.388 e. The Balaban J connectivity index is 1.76. The van der Waals surface area contributed by atoms with E-state index in [9.17, 15) is 5.11 Å². The molecule has 4 atom stereocenters. The van der Waals surface area contributed by atoms with Crippen LogP contribution in [0.5, 0.6) is 0 Å². The topological polar surface area (TPSA) is 32.3 Å². The molecule has 0 spiro atoms. The van der Waals surface area contributed by atoms with E-state index in [1.807, 2.05) is 11.8 Å². The summed E-state index contributed by atoms with van der Waals surface area (Å²) in [6, 6.07) is 0.633. The molecule has 2 aliphatic rings. The summed E-state index contributed by atoms with van der Waals surface area (Å²) >= 11 is 1.88. The van der Waals surface area contributed by atoms with Crippen LogP contribution in [0.2, 0.25) is 0 Å². The van der Waals surface area contributed by atoms with Crippen LogP contribution in [0, 0.1) is 11.8 Å². The zero-order valence-corrected chi connectivity index (χ0v) is 11.4. The molecule has 0 bridgehead atoms. The lowest BCUT2D eigenvalue weighted by Gasteiger charge is -2.34. The highest BCUT2D eigenvalue weighted by molar-refractivity contribution is 7.99. The van der Waals surface area contributed by atoms with Gasteiger partial charge in [-0.15, -0.1) is 0 Å².